The highest BCUT2D eigenvalue weighted by atomic mass is 14.8. The molecule has 3 rings (SSSR count). The number of hydrogen-bond acceptors (Lipinski definition) is 1. The van der Waals surface area contributed by atoms with Crippen LogP contribution in [-0.4, -0.2) is 0 Å². The molecule has 0 fully saturated rings. The van der Waals surface area contributed by atoms with Crippen molar-refractivity contribution in [1.82, 2.24) is 5.32 Å². The number of nitrogens with one attached hydrogen (secondary N) is 1. The van der Waals surface area contributed by atoms with Crippen LogP contribution in [0.5, 0.6) is 0 Å². The van der Waals surface area contributed by atoms with Crippen molar-refractivity contribution >= 4 is 6.08 Å². The summed E-state index contributed by atoms with van der Waals surface area (Å²) in [5.74, 6) is 0.442. The van der Waals surface area contributed by atoms with E-state index in [9.17, 15) is 0 Å². The van der Waals surface area contributed by atoms with E-state index in [1.807, 2.05) is 6.20 Å². The second kappa shape index (κ2) is 2.88. The lowest BCUT2D eigenvalue weighted by atomic mass is 9.83. The van der Waals surface area contributed by atoms with Crippen molar-refractivity contribution in [3.05, 3.63) is 65.5 Å². The molecule has 2 aliphatic rings. The van der Waals surface area contributed by atoms with Gasteiger partial charge in [0.05, 0.1) is 0 Å². The van der Waals surface area contributed by atoms with Crippen LogP contribution in [0.1, 0.15) is 17.0 Å². The summed E-state index contributed by atoms with van der Waals surface area (Å²) in [6.07, 6.45) is 10.6. The van der Waals surface area contributed by atoms with E-state index in [4.69, 9.17) is 0 Å². The largest absolute Gasteiger partial charge is 0.368 e. The van der Waals surface area contributed by atoms with E-state index >= 15 is 0 Å². The maximum Gasteiger partial charge on any atom is 0.0306 e. The Hall–Kier alpha value is -1.76. The predicted molar refractivity (Wildman–Crippen MR) is 58.6 cm³/mol. The van der Waals surface area contributed by atoms with Gasteiger partial charge in [-0.2, -0.15) is 0 Å². The van der Waals surface area contributed by atoms with Gasteiger partial charge in [0.1, 0.15) is 0 Å². The molecule has 0 aromatic heterocycles. The van der Waals surface area contributed by atoms with E-state index < -0.39 is 0 Å². The number of dihydropyridines is 1. The van der Waals surface area contributed by atoms with Crippen molar-refractivity contribution in [2.45, 2.75) is 5.92 Å². The molecule has 1 N–H and O–H groups in total. The molecule has 0 bridgehead atoms. The molecule has 0 saturated carbocycles. The summed E-state index contributed by atoms with van der Waals surface area (Å²) in [4.78, 5) is 0. The molecule has 1 nitrogen and oxygen atoms in total. The molecule has 1 heteroatoms. The van der Waals surface area contributed by atoms with Gasteiger partial charge in [-0.25, -0.2) is 0 Å². The fraction of sp³-hybridized carbons (Fsp3) is 0.0769. The van der Waals surface area contributed by atoms with Gasteiger partial charge in [-0.15, -0.1) is 0 Å². The molecule has 1 atom stereocenters. The highest BCUT2D eigenvalue weighted by Crippen LogP contribution is 2.35. The van der Waals surface area contributed by atoms with Gasteiger partial charge in [-0.3, -0.25) is 0 Å². The Kier molecular flexibility index (Phi) is 1.57. The zero-order chi connectivity index (χ0) is 9.38. The van der Waals surface area contributed by atoms with Crippen LogP contribution in [0.15, 0.2) is 54.4 Å². The van der Waals surface area contributed by atoms with E-state index in [0.717, 1.165) is 0 Å². The first kappa shape index (κ1) is 7.63. The van der Waals surface area contributed by atoms with Crippen molar-refractivity contribution in [3.8, 4) is 0 Å². The quantitative estimate of drug-likeness (QED) is 0.649. The summed E-state index contributed by atoms with van der Waals surface area (Å²) in [6.45, 7) is 0. The molecule has 1 aromatic carbocycles. The number of allylic oxidation sites excluding steroid dienone is 3. The van der Waals surface area contributed by atoms with Gasteiger partial charge < -0.3 is 5.32 Å². The molecule has 0 amide bonds. The van der Waals surface area contributed by atoms with Gasteiger partial charge in [0.2, 0.25) is 0 Å². The van der Waals surface area contributed by atoms with Crippen LogP contribution in [0, 0.1) is 0 Å². The first-order valence-electron chi connectivity index (χ1n) is 4.85. The van der Waals surface area contributed by atoms with Crippen molar-refractivity contribution in [1.29, 1.82) is 0 Å². The summed E-state index contributed by atoms with van der Waals surface area (Å²) in [6, 6.07) is 8.56. The fourth-order valence-electron chi connectivity index (χ4n) is 2.06. The van der Waals surface area contributed by atoms with Crippen LogP contribution in [-0.2, 0) is 0 Å². The number of hydrogen-bond donors (Lipinski definition) is 1. The van der Waals surface area contributed by atoms with Crippen LogP contribution in [0.2, 0.25) is 0 Å². The van der Waals surface area contributed by atoms with Crippen molar-refractivity contribution < 1.29 is 0 Å². The normalized spacial score (nSPS) is 22.0. The third kappa shape index (κ3) is 1.02. The first-order valence-corrected chi connectivity index (χ1v) is 4.85. The van der Waals surface area contributed by atoms with Gasteiger partial charge in [0.25, 0.3) is 0 Å². The molecule has 1 aliphatic carbocycles. The van der Waals surface area contributed by atoms with Crippen molar-refractivity contribution in [2.24, 2.45) is 0 Å². The Morgan fingerprint density at radius 3 is 3.00 bits per heavy atom. The second-order valence-corrected chi connectivity index (χ2v) is 3.61. The van der Waals surface area contributed by atoms with Crippen LogP contribution < -0.4 is 5.32 Å². The van der Waals surface area contributed by atoms with E-state index in [2.05, 4.69) is 54.0 Å². The molecular formula is C13H11N. The Balaban J connectivity index is 2.19. The number of benzene rings is 1. The van der Waals surface area contributed by atoms with Gasteiger partial charge in [0, 0.05) is 12.1 Å². The Bertz CT molecular complexity index is 452. The fourth-order valence-corrected chi connectivity index (χ4v) is 2.06. The molecule has 1 heterocycles. The van der Waals surface area contributed by atoms with Gasteiger partial charge >= 0.3 is 0 Å². The average Bonchev–Trinajstić information content (AvgIpc) is 2.29. The van der Waals surface area contributed by atoms with Crippen LogP contribution >= 0.6 is 0 Å². The molecule has 0 spiro atoms. The molecule has 0 radical (unpaired) electrons. The van der Waals surface area contributed by atoms with Gasteiger partial charge in [0.15, 0.2) is 0 Å². The summed E-state index contributed by atoms with van der Waals surface area (Å²) < 4.78 is 0. The monoisotopic (exact) mass is 181 g/mol. The summed E-state index contributed by atoms with van der Waals surface area (Å²) in [5, 5.41) is 3.12. The minimum absolute atomic E-state index is 0.442. The summed E-state index contributed by atoms with van der Waals surface area (Å²) in [7, 11) is 0. The predicted octanol–water partition coefficient (Wildman–Crippen LogP) is 2.80. The smallest absolute Gasteiger partial charge is 0.0306 e. The maximum atomic E-state index is 3.12. The second-order valence-electron chi connectivity index (χ2n) is 3.61. The van der Waals surface area contributed by atoms with Crippen LogP contribution in [0.4, 0.5) is 0 Å². The summed E-state index contributed by atoms with van der Waals surface area (Å²) in [5.41, 5.74) is 4.08. The maximum absolute atomic E-state index is 3.12. The molecule has 1 aromatic rings. The molecule has 68 valence electrons. The Morgan fingerprint density at radius 1 is 1.07 bits per heavy atom. The van der Waals surface area contributed by atoms with E-state index in [1.165, 1.54) is 16.7 Å². The molecule has 14 heavy (non-hydrogen) atoms. The van der Waals surface area contributed by atoms with Crippen LogP contribution in [0.25, 0.3) is 6.08 Å². The van der Waals surface area contributed by atoms with E-state index in [-0.39, 0.29) is 0 Å². The van der Waals surface area contributed by atoms with E-state index in [0.29, 0.717) is 5.92 Å². The van der Waals surface area contributed by atoms with Crippen molar-refractivity contribution in [2.75, 3.05) is 0 Å². The zero-order valence-corrected chi connectivity index (χ0v) is 7.77. The summed E-state index contributed by atoms with van der Waals surface area (Å²) >= 11 is 0. The standard InChI is InChI=1S/C13H11N/c1-2-4-12-10(3-1)5-6-11-9-14-8-7-13(11)12/h1-9,13-14H/t13-/m1/s1. The SMILES string of the molecule is C1=C[C@@H]2C(=CN1)C=Cc1ccccc12. The highest BCUT2D eigenvalue weighted by Gasteiger charge is 2.19. The van der Waals surface area contributed by atoms with Gasteiger partial charge in [-0.05, 0) is 22.9 Å². The Morgan fingerprint density at radius 2 is 2.00 bits per heavy atom. The molecule has 0 unspecified atom stereocenters. The highest BCUT2D eigenvalue weighted by molar-refractivity contribution is 5.65. The van der Waals surface area contributed by atoms with Gasteiger partial charge in [-0.1, -0.05) is 42.5 Å². The third-order valence-corrected chi connectivity index (χ3v) is 2.78. The lowest BCUT2D eigenvalue weighted by molar-refractivity contribution is 0.938. The minimum Gasteiger partial charge on any atom is -0.368 e. The zero-order valence-electron chi connectivity index (χ0n) is 7.77. The first-order chi connectivity index (χ1) is 6.95. The van der Waals surface area contributed by atoms with Crippen LogP contribution in [0.3, 0.4) is 0 Å². The average molecular weight is 181 g/mol. The topological polar surface area (TPSA) is 12.0 Å². The number of rotatable bonds is 0. The Labute approximate surface area is 83.5 Å². The lowest BCUT2D eigenvalue weighted by Gasteiger charge is -2.23. The third-order valence-electron chi connectivity index (χ3n) is 2.78. The van der Waals surface area contributed by atoms with E-state index in [1.54, 1.807) is 0 Å². The number of fused-ring (bicyclic) bond motifs is 3. The molecular weight excluding hydrogens is 170 g/mol. The lowest BCUT2D eigenvalue weighted by Crippen LogP contribution is -2.12. The molecule has 1 aliphatic heterocycles. The minimum atomic E-state index is 0.442. The van der Waals surface area contributed by atoms with Crippen molar-refractivity contribution in [3.63, 3.8) is 0 Å². The molecule has 0 saturated heterocycles.